The van der Waals surface area contributed by atoms with E-state index in [0.717, 1.165) is 28.7 Å². The van der Waals surface area contributed by atoms with Crippen LogP contribution in [0.15, 0.2) is 42.5 Å². The quantitative estimate of drug-likeness (QED) is 0.601. The van der Waals surface area contributed by atoms with Crippen LogP contribution in [-0.2, 0) is 16.1 Å². The van der Waals surface area contributed by atoms with Crippen molar-refractivity contribution in [1.82, 2.24) is 10.2 Å². The molecular formula is C26H36N2O3. The number of benzene rings is 2. The van der Waals surface area contributed by atoms with Gasteiger partial charge in [0.25, 0.3) is 5.91 Å². The average molecular weight is 425 g/mol. The van der Waals surface area contributed by atoms with E-state index in [1.54, 1.807) is 4.90 Å². The van der Waals surface area contributed by atoms with Crippen LogP contribution in [0.1, 0.15) is 55.9 Å². The van der Waals surface area contributed by atoms with Crippen LogP contribution in [-0.4, -0.2) is 35.4 Å². The van der Waals surface area contributed by atoms with Crippen molar-refractivity contribution in [3.8, 4) is 5.75 Å². The molecule has 0 fully saturated rings. The average Bonchev–Trinajstić information content (AvgIpc) is 2.73. The summed E-state index contributed by atoms with van der Waals surface area (Å²) in [5.41, 5.74) is 4.16. The number of hydrogen-bond donors (Lipinski definition) is 1. The first-order chi connectivity index (χ1) is 14.7. The Morgan fingerprint density at radius 1 is 1.00 bits per heavy atom. The zero-order chi connectivity index (χ0) is 23.0. The molecule has 0 aliphatic rings. The van der Waals surface area contributed by atoms with E-state index in [2.05, 4.69) is 5.32 Å². The summed E-state index contributed by atoms with van der Waals surface area (Å²) in [4.78, 5) is 27.9. The zero-order valence-corrected chi connectivity index (χ0v) is 19.7. The highest BCUT2D eigenvalue weighted by molar-refractivity contribution is 5.88. The van der Waals surface area contributed by atoms with E-state index < -0.39 is 6.04 Å². The summed E-state index contributed by atoms with van der Waals surface area (Å²) in [7, 11) is 0. The number of nitrogens with one attached hydrogen (secondary N) is 1. The Balaban J connectivity index is 2.25. The van der Waals surface area contributed by atoms with Crippen molar-refractivity contribution in [2.75, 3.05) is 6.61 Å². The molecule has 0 aliphatic heterocycles. The Bertz CT molecular complexity index is 894. The second-order valence-electron chi connectivity index (χ2n) is 8.31. The summed E-state index contributed by atoms with van der Waals surface area (Å²) in [5, 5.41) is 3.03. The number of rotatable bonds is 10. The standard InChI is InChI=1S/C26H36N2O3/c1-7-21(6)27-26(30)23(8-2)28(16-22-11-9-10-18(3)14-22)25(29)17-31-24-15-19(4)12-13-20(24)5/h9-15,21,23H,7-8,16-17H2,1-6H3,(H,27,30). The molecule has 2 unspecified atom stereocenters. The van der Waals surface area contributed by atoms with Gasteiger partial charge in [-0.25, -0.2) is 0 Å². The van der Waals surface area contributed by atoms with Crippen molar-refractivity contribution in [2.24, 2.45) is 0 Å². The van der Waals surface area contributed by atoms with Gasteiger partial charge in [0.2, 0.25) is 5.91 Å². The lowest BCUT2D eigenvalue weighted by Gasteiger charge is -2.31. The molecule has 2 aromatic rings. The van der Waals surface area contributed by atoms with Gasteiger partial charge in [-0.3, -0.25) is 9.59 Å². The van der Waals surface area contributed by atoms with Gasteiger partial charge in [0.05, 0.1) is 0 Å². The summed E-state index contributed by atoms with van der Waals surface area (Å²) in [6.45, 7) is 12.2. The van der Waals surface area contributed by atoms with Gasteiger partial charge < -0.3 is 15.0 Å². The molecule has 5 nitrogen and oxygen atoms in total. The maximum atomic E-state index is 13.3. The van der Waals surface area contributed by atoms with Gasteiger partial charge in [-0.15, -0.1) is 0 Å². The van der Waals surface area contributed by atoms with Gasteiger partial charge in [-0.05, 0) is 63.3 Å². The highest BCUT2D eigenvalue weighted by Gasteiger charge is 2.29. The molecule has 2 amide bonds. The third-order valence-corrected chi connectivity index (χ3v) is 5.52. The highest BCUT2D eigenvalue weighted by Crippen LogP contribution is 2.20. The minimum Gasteiger partial charge on any atom is -0.483 e. The van der Waals surface area contributed by atoms with Crippen LogP contribution < -0.4 is 10.1 Å². The van der Waals surface area contributed by atoms with Crippen molar-refractivity contribution < 1.29 is 14.3 Å². The molecule has 2 aromatic carbocycles. The molecule has 0 radical (unpaired) electrons. The summed E-state index contributed by atoms with van der Waals surface area (Å²) >= 11 is 0. The number of hydrogen-bond acceptors (Lipinski definition) is 3. The highest BCUT2D eigenvalue weighted by atomic mass is 16.5. The van der Waals surface area contributed by atoms with Gasteiger partial charge >= 0.3 is 0 Å². The van der Waals surface area contributed by atoms with Crippen LogP contribution in [0.2, 0.25) is 0 Å². The molecule has 0 saturated carbocycles. The van der Waals surface area contributed by atoms with Gasteiger partial charge in [-0.1, -0.05) is 55.8 Å². The van der Waals surface area contributed by atoms with Crippen molar-refractivity contribution in [3.63, 3.8) is 0 Å². The Kier molecular flexibility index (Phi) is 9.10. The van der Waals surface area contributed by atoms with Gasteiger partial charge in [0, 0.05) is 12.6 Å². The van der Waals surface area contributed by atoms with Crippen LogP contribution in [0, 0.1) is 20.8 Å². The first kappa shape index (κ1) is 24.4. The fraction of sp³-hybridized carbons (Fsp3) is 0.462. The lowest BCUT2D eigenvalue weighted by molar-refractivity contribution is -0.143. The second-order valence-corrected chi connectivity index (χ2v) is 8.31. The molecule has 0 saturated heterocycles. The number of carbonyl (C=O) groups is 2. The molecule has 31 heavy (non-hydrogen) atoms. The van der Waals surface area contributed by atoms with Gasteiger partial charge in [0.15, 0.2) is 6.61 Å². The molecule has 0 aromatic heterocycles. The van der Waals surface area contributed by atoms with Crippen molar-refractivity contribution in [3.05, 3.63) is 64.7 Å². The van der Waals surface area contributed by atoms with Crippen LogP contribution >= 0.6 is 0 Å². The number of aryl methyl sites for hydroxylation is 3. The molecular weight excluding hydrogens is 388 g/mol. The van der Waals surface area contributed by atoms with Crippen molar-refractivity contribution in [2.45, 2.75) is 73.0 Å². The van der Waals surface area contributed by atoms with Gasteiger partial charge in [-0.2, -0.15) is 0 Å². The summed E-state index contributed by atoms with van der Waals surface area (Å²) < 4.78 is 5.88. The van der Waals surface area contributed by atoms with Crippen LogP contribution in [0.25, 0.3) is 0 Å². The fourth-order valence-corrected chi connectivity index (χ4v) is 3.45. The molecule has 1 N–H and O–H groups in total. The van der Waals surface area contributed by atoms with E-state index in [1.807, 2.05) is 84.0 Å². The topological polar surface area (TPSA) is 58.6 Å². The summed E-state index contributed by atoms with van der Waals surface area (Å²) in [5.74, 6) is 0.374. The molecule has 168 valence electrons. The normalized spacial score (nSPS) is 12.7. The molecule has 0 spiro atoms. The van der Waals surface area contributed by atoms with Crippen molar-refractivity contribution in [1.29, 1.82) is 0 Å². The summed E-state index contributed by atoms with van der Waals surface area (Å²) in [6, 6.07) is 13.5. The Morgan fingerprint density at radius 3 is 2.35 bits per heavy atom. The number of amides is 2. The van der Waals surface area contributed by atoms with Crippen LogP contribution in [0.5, 0.6) is 5.75 Å². The number of nitrogens with zero attached hydrogens (tertiary/aromatic N) is 1. The molecule has 0 bridgehead atoms. The lowest BCUT2D eigenvalue weighted by Crippen LogP contribution is -2.51. The largest absolute Gasteiger partial charge is 0.483 e. The lowest BCUT2D eigenvalue weighted by atomic mass is 10.1. The van der Waals surface area contributed by atoms with Crippen LogP contribution in [0.3, 0.4) is 0 Å². The first-order valence-electron chi connectivity index (χ1n) is 11.1. The monoisotopic (exact) mass is 424 g/mol. The van der Waals surface area contributed by atoms with E-state index in [9.17, 15) is 9.59 Å². The Hall–Kier alpha value is -2.82. The van der Waals surface area contributed by atoms with E-state index in [4.69, 9.17) is 4.74 Å². The minimum absolute atomic E-state index is 0.0589. The SMILES string of the molecule is CCC(C)NC(=O)C(CC)N(Cc1cccc(C)c1)C(=O)COc1cc(C)ccc1C. The third-order valence-electron chi connectivity index (χ3n) is 5.52. The Labute approximate surface area is 186 Å². The smallest absolute Gasteiger partial charge is 0.261 e. The third kappa shape index (κ3) is 7.12. The van der Waals surface area contributed by atoms with E-state index >= 15 is 0 Å². The Morgan fingerprint density at radius 2 is 1.71 bits per heavy atom. The van der Waals surface area contributed by atoms with E-state index in [-0.39, 0.29) is 24.5 Å². The molecule has 0 aliphatic carbocycles. The van der Waals surface area contributed by atoms with E-state index in [0.29, 0.717) is 18.7 Å². The van der Waals surface area contributed by atoms with Crippen molar-refractivity contribution >= 4 is 11.8 Å². The van der Waals surface area contributed by atoms with Crippen LogP contribution in [0.4, 0.5) is 0 Å². The second kappa shape index (κ2) is 11.5. The van der Waals surface area contributed by atoms with E-state index in [1.165, 1.54) is 0 Å². The molecule has 5 heteroatoms. The maximum absolute atomic E-state index is 13.3. The predicted octanol–water partition coefficient (Wildman–Crippen LogP) is 4.71. The summed E-state index contributed by atoms with van der Waals surface area (Å²) in [6.07, 6.45) is 1.37. The molecule has 0 heterocycles. The maximum Gasteiger partial charge on any atom is 0.261 e. The van der Waals surface area contributed by atoms with Gasteiger partial charge in [0.1, 0.15) is 11.8 Å². The predicted molar refractivity (Wildman–Crippen MR) is 125 cm³/mol. The fourth-order valence-electron chi connectivity index (χ4n) is 3.45. The number of carbonyl (C=O) groups excluding carboxylic acids is 2. The molecule has 2 rings (SSSR count). The molecule has 2 atom stereocenters. The first-order valence-corrected chi connectivity index (χ1v) is 11.1. The number of ether oxygens (including phenoxy) is 1. The minimum atomic E-state index is -0.552. The zero-order valence-electron chi connectivity index (χ0n) is 19.7.